The number of anilines is 2. The van der Waals surface area contributed by atoms with Gasteiger partial charge in [-0.3, -0.25) is 4.79 Å². The van der Waals surface area contributed by atoms with Crippen molar-refractivity contribution in [1.29, 1.82) is 0 Å². The number of hydrogen-bond acceptors (Lipinski definition) is 8. The summed E-state index contributed by atoms with van der Waals surface area (Å²) < 4.78 is 11.2. The van der Waals surface area contributed by atoms with Crippen LogP contribution >= 0.6 is 11.6 Å². The Morgan fingerprint density at radius 1 is 1.08 bits per heavy atom. The number of rotatable bonds is 12. The van der Waals surface area contributed by atoms with Crippen molar-refractivity contribution < 1.29 is 14.3 Å². The molecule has 1 aliphatic carbocycles. The molecule has 2 aliphatic rings. The van der Waals surface area contributed by atoms with Crippen LogP contribution in [0.2, 0.25) is 0 Å². The van der Waals surface area contributed by atoms with Crippen molar-refractivity contribution in [3.05, 3.63) is 12.1 Å². The second-order valence-corrected chi connectivity index (χ2v) is 10.5. The van der Waals surface area contributed by atoms with Gasteiger partial charge in [-0.05, 0) is 45.1 Å². The third-order valence-corrected chi connectivity index (χ3v) is 8.11. The Bertz CT molecular complexity index is 1060. The van der Waals surface area contributed by atoms with E-state index in [1.165, 1.54) is 32.1 Å². The third-order valence-electron chi connectivity index (χ3n) is 7.86. The second kappa shape index (κ2) is 14.0. The predicted molar refractivity (Wildman–Crippen MR) is 154 cm³/mol. The van der Waals surface area contributed by atoms with Gasteiger partial charge < -0.3 is 29.9 Å². The van der Waals surface area contributed by atoms with Gasteiger partial charge in [-0.2, -0.15) is 4.98 Å². The Labute approximate surface area is 231 Å². The molecule has 1 saturated carbocycles. The molecule has 210 valence electrons. The summed E-state index contributed by atoms with van der Waals surface area (Å²) in [6.07, 6.45) is 9.80. The molecule has 10 heteroatoms. The molecule has 4 rings (SSSR count). The number of benzene rings is 1. The first-order chi connectivity index (χ1) is 18.6. The quantitative estimate of drug-likeness (QED) is 0.298. The zero-order chi connectivity index (χ0) is 26.9. The van der Waals surface area contributed by atoms with Gasteiger partial charge in [-0.15, -0.1) is 11.6 Å². The minimum Gasteiger partial charge on any atom is -0.493 e. The van der Waals surface area contributed by atoms with Gasteiger partial charge in [0, 0.05) is 56.3 Å². The maximum absolute atomic E-state index is 11.5. The molecule has 2 aromatic rings. The number of nitrogens with zero attached hydrogens (tertiary/aromatic N) is 4. The first kappa shape index (κ1) is 28.5. The number of piperidine rings is 1. The van der Waals surface area contributed by atoms with E-state index >= 15 is 0 Å². The molecule has 2 fully saturated rings. The van der Waals surface area contributed by atoms with Crippen LogP contribution in [0, 0.1) is 0 Å². The minimum absolute atomic E-state index is 0.0226. The number of halogens is 1. The number of ether oxygens (including phenoxy) is 2. The first-order valence-corrected chi connectivity index (χ1v) is 14.6. The zero-order valence-electron chi connectivity index (χ0n) is 23.1. The van der Waals surface area contributed by atoms with Crippen molar-refractivity contribution in [2.24, 2.45) is 0 Å². The summed E-state index contributed by atoms with van der Waals surface area (Å²) in [5.41, 5.74) is 0.809. The van der Waals surface area contributed by atoms with Crippen LogP contribution in [-0.4, -0.2) is 85.7 Å². The maximum atomic E-state index is 11.5. The summed E-state index contributed by atoms with van der Waals surface area (Å²) in [6, 6.07) is 5.01. The zero-order valence-corrected chi connectivity index (χ0v) is 23.9. The molecule has 2 N–H and O–H groups in total. The Hall–Kier alpha value is -2.52. The summed E-state index contributed by atoms with van der Waals surface area (Å²) in [4.78, 5) is 26.3. The number of alkyl halides is 1. The van der Waals surface area contributed by atoms with Crippen molar-refractivity contribution >= 4 is 40.2 Å². The van der Waals surface area contributed by atoms with Crippen LogP contribution in [0.3, 0.4) is 0 Å². The molecule has 1 saturated heterocycles. The lowest BCUT2D eigenvalue weighted by atomic mass is 9.92. The molecular formula is C28H43ClN6O3. The van der Waals surface area contributed by atoms with Gasteiger partial charge in [0.2, 0.25) is 11.9 Å². The van der Waals surface area contributed by atoms with E-state index in [4.69, 9.17) is 31.0 Å². The topological polar surface area (TPSA) is 91.9 Å². The molecule has 38 heavy (non-hydrogen) atoms. The lowest BCUT2D eigenvalue weighted by Gasteiger charge is -2.39. The summed E-state index contributed by atoms with van der Waals surface area (Å²) >= 11 is 5.59. The van der Waals surface area contributed by atoms with Gasteiger partial charge in [0.25, 0.3) is 0 Å². The van der Waals surface area contributed by atoms with Crippen LogP contribution in [-0.2, 0) is 4.79 Å². The number of fused-ring (bicyclic) bond motifs is 1. The SMILES string of the molecule is CCN(CCCNC(=O)CCl)c1nc(NC2CCN(C3CCCCC3)CC2)c2cc(OC)c(OC)cc2n1. The van der Waals surface area contributed by atoms with Gasteiger partial charge in [0.05, 0.1) is 19.7 Å². The number of carbonyl (C=O) groups is 1. The molecule has 1 amide bonds. The van der Waals surface area contributed by atoms with E-state index in [0.717, 1.165) is 68.2 Å². The molecule has 1 aromatic heterocycles. The summed E-state index contributed by atoms with van der Waals surface area (Å²) in [7, 11) is 3.29. The van der Waals surface area contributed by atoms with E-state index in [0.29, 0.717) is 30.0 Å². The summed E-state index contributed by atoms with van der Waals surface area (Å²) in [5.74, 6) is 2.62. The highest BCUT2D eigenvalue weighted by molar-refractivity contribution is 6.27. The number of likely N-dealkylation sites (tertiary alicyclic amines) is 1. The molecule has 0 unspecified atom stereocenters. The normalized spacial score (nSPS) is 17.4. The highest BCUT2D eigenvalue weighted by atomic mass is 35.5. The largest absolute Gasteiger partial charge is 0.493 e. The molecule has 0 spiro atoms. The molecule has 1 aliphatic heterocycles. The van der Waals surface area contributed by atoms with Crippen molar-refractivity contribution in [3.8, 4) is 11.5 Å². The number of nitrogens with one attached hydrogen (secondary N) is 2. The second-order valence-electron chi connectivity index (χ2n) is 10.3. The Morgan fingerprint density at radius 3 is 2.45 bits per heavy atom. The average Bonchev–Trinajstić information content (AvgIpc) is 2.97. The average molecular weight is 547 g/mol. The molecule has 0 atom stereocenters. The van der Waals surface area contributed by atoms with E-state index < -0.39 is 0 Å². The Balaban J connectivity index is 1.53. The van der Waals surface area contributed by atoms with Crippen molar-refractivity contribution in [2.45, 2.75) is 70.4 Å². The Morgan fingerprint density at radius 2 is 1.79 bits per heavy atom. The molecule has 0 bridgehead atoms. The maximum Gasteiger partial charge on any atom is 0.234 e. The predicted octanol–water partition coefficient (Wildman–Crippen LogP) is 4.43. The highest BCUT2D eigenvalue weighted by Gasteiger charge is 2.27. The standard InChI is InChI=1S/C28H43ClN6O3/c1-4-34(14-8-13-30-26(36)19-29)28-32-23-18-25(38-3)24(37-2)17-22(23)27(33-28)31-20-11-15-35(16-12-20)21-9-6-5-7-10-21/h17-18,20-21H,4-16,19H2,1-3H3,(H,30,36)(H,31,32,33). The molecule has 0 radical (unpaired) electrons. The van der Waals surface area contributed by atoms with E-state index in [-0.39, 0.29) is 11.8 Å². The highest BCUT2D eigenvalue weighted by Crippen LogP contribution is 2.36. The summed E-state index contributed by atoms with van der Waals surface area (Å²) in [6.45, 7) is 6.38. The smallest absolute Gasteiger partial charge is 0.234 e. The molecule has 9 nitrogen and oxygen atoms in total. The minimum atomic E-state index is -0.154. The van der Waals surface area contributed by atoms with E-state index in [2.05, 4.69) is 27.4 Å². The van der Waals surface area contributed by atoms with E-state index in [1.807, 2.05) is 12.1 Å². The van der Waals surface area contributed by atoms with Gasteiger partial charge in [0.1, 0.15) is 11.7 Å². The Kier molecular flexibility index (Phi) is 10.5. The number of amides is 1. The van der Waals surface area contributed by atoms with E-state index in [1.54, 1.807) is 14.2 Å². The molecular weight excluding hydrogens is 504 g/mol. The van der Waals surface area contributed by atoms with Crippen molar-refractivity contribution in [2.75, 3.05) is 63.0 Å². The fourth-order valence-corrected chi connectivity index (χ4v) is 5.78. The van der Waals surface area contributed by atoms with Crippen LogP contribution in [0.4, 0.5) is 11.8 Å². The number of aromatic nitrogens is 2. The number of hydrogen-bond donors (Lipinski definition) is 2. The number of methoxy groups -OCH3 is 2. The lowest BCUT2D eigenvalue weighted by Crippen LogP contribution is -2.45. The van der Waals surface area contributed by atoms with Crippen molar-refractivity contribution in [3.63, 3.8) is 0 Å². The van der Waals surface area contributed by atoms with Crippen molar-refractivity contribution in [1.82, 2.24) is 20.2 Å². The third kappa shape index (κ3) is 7.11. The van der Waals surface area contributed by atoms with Crippen LogP contribution in [0.1, 0.15) is 58.3 Å². The number of carbonyl (C=O) groups excluding carboxylic acids is 1. The van der Waals surface area contributed by atoms with Crippen LogP contribution in [0.15, 0.2) is 12.1 Å². The van der Waals surface area contributed by atoms with Crippen LogP contribution in [0.5, 0.6) is 11.5 Å². The van der Waals surface area contributed by atoms with Gasteiger partial charge >= 0.3 is 0 Å². The van der Waals surface area contributed by atoms with Gasteiger partial charge in [0.15, 0.2) is 11.5 Å². The summed E-state index contributed by atoms with van der Waals surface area (Å²) in [5, 5.41) is 7.52. The molecule has 1 aromatic carbocycles. The van der Waals surface area contributed by atoms with E-state index in [9.17, 15) is 4.79 Å². The van der Waals surface area contributed by atoms with Crippen LogP contribution in [0.25, 0.3) is 10.9 Å². The lowest BCUT2D eigenvalue weighted by molar-refractivity contribution is -0.118. The van der Waals surface area contributed by atoms with Crippen LogP contribution < -0.4 is 25.0 Å². The fraction of sp³-hybridized carbons (Fsp3) is 0.679. The monoisotopic (exact) mass is 546 g/mol. The van der Waals surface area contributed by atoms with Gasteiger partial charge in [-0.25, -0.2) is 4.98 Å². The fourth-order valence-electron chi connectivity index (χ4n) is 5.69. The van der Waals surface area contributed by atoms with Gasteiger partial charge in [-0.1, -0.05) is 19.3 Å². The molecule has 2 heterocycles. The first-order valence-electron chi connectivity index (χ1n) is 14.1.